The van der Waals surface area contributed by atoms with Crippen LogP contribution in [0.25, 0.3) is 0 Å². The van der Waals surface area contributed by atoms with E-state index in [2.05, 4.69) is 38.1 Å². The van der Waals surface area contributed by atoms with Crippen molar-refractivity contribution in [2.75, 3.05) is 0 Å². The molecular weight excluding hydrogens is 192 g/mol. The van der Waals surface area contributed by atoms with Crippen molar-refractivity contribution in [3.63, 3.8) is 0 Å². The number of rotatable bonds is 2. The van der Waals surface area contributed by atoms with Crippen molar-refractivity contribution >= 4 is 11.8 Å². The van der Waals surface area contributed by atoms with Crippen molar-refractivity contribution in [2.45, 2.75) is 37.2 Å². The van der Waals surface area contributed by atoms with Gasteiger partial charge in [0.1, 0.15) is 5.44 Å². The van der Waals surface area contributed by atoms with Gasteiger partial charge in [-0.05, 0) is 24.0 Å². The topological polar surface area (TPSA) is 9.23 Å². The summed E-state index contributed by atoms with van der Waals surface area (Å²) in [5.74, 6) is 0.706. The highest BCUT2D eigenvalue weighted by atomic mass is 32.2. The monoisotopic (exact) mass is 208 g/mol. The fraction of sp³-hybridized carbons (Fsp3) is 0.500. The number of thioether (sulfide) groups is 1. The van der Waals surface area contributed by atoms with Gasteiger partial charge in [-0.25, -0.2) is 0 Å². The number of hydrogen-bond donors (Lipinski definition) is 0. The van der Waals surface area contributed by atoms with Gasteiger partial charge in [-0.15, -0.1) is 0 Å². The van der Waals surface area contributed by atoms with E-state index < -0.39 is 0 Å². The van der Waals surface area contributed by atoms with E-state index in [9.17, 15) is 0 Å². The van der Waals surface area contributed by atoms with Crippen LogP contribution in [0.5, 0.6) is 0 Å². The first-order valence-electron chi connectivity index (χ1n) is 5.12. The number of fused-ring (bicyclic) bond motifs is 1. The maximum atomic E-state index is 5.78. The highest BCUT2D eigenvalue weighted by Crippen LogP contribution is 2.35. The Hall–Kier alpha value is -0.470. The van der Waals surface area contributed by atoms with Crippen molar-refractivity contribution in [2.24, 2.45) is 5.92 Å². The van der Waals surface area contributed by atoms with Crippen LogP contribution >= 0.6 is 11.8 Å². The zero-order valence-electron chi connectivity index (χ0n) is 8.69. The van der Waals surface area contributed by atoms with Crippen molar-refractivity contribution < 1.29 is 4.74 Å². The molecule has 0 radical (unpaired) electrons. The van der Waals surface area contributed by atoms with E-state index in [0.717, 1.165) is 13.0 Å². The Bertz CT molecular complexity index is 309. The maximum Gasteiger partial charge on any atom is 0.108 e. The third kappa shape index (κ3) is 2.31. The molecule has 1 atom stereocenters. The van der Waals surface area contributed by atoms with E-state index >= 15 is 0 Å². The van der Waals surface area contributed by atoms with Crippen LogP contribution in [0, 0.1) is 5.92 Å². The van der Waals surface area contributed by atoms with Crippen molar-refractivity contribution in [1.82, 2.24) is 0 Å². The molecule has 1 heterocycles. The van der Waals surface area contributed by atoms with E-state index in [1.807, 2.05) is 11.8 Å². The van der Waals surface area contributed by atoms with Gasteiger partial charge in [0.05, 0.1) is 6.61 Å². The Labute approximate surface area is 89.9 Å². The van der Waals surface area contributed by atoms with E-state index in [1.165, 1.54) is 10.5 Å². The minimum Gasteiger partial charge on any atom is -0.363 e. The van der Waals surface area contributed by atoms with Gasteiger partial charge in [0, 0.05) is 4.90 Å². The first-order valence-corrected chi connectivity index (χ1v) is 6.00. The molecule has 2 rings (SSSR count). The Morgan fingerprint density at radius 2 is 2.21 bits per heavy atom. The summed E-state index contributed by atoms with van der Waals surface area (Å²) in [5, 5.41) is 0. The van der Waals surface area contributed by atoms with Gasteiger partial charge in [-0.1, -0.05) is 43.8 Å². The molecule has 1 aliphatic heterocycles. The molecule has 14 heavy (non-hydrogen) atoms. The third-order valence-electron chi connectivity index (χ3n) is 2.32. The average Bonchev–Trinajstić information content (AvgIpc) is 2.17. The summed E-state index contributed by atoms with van der Waals surface area (Å²) in [5.41, 5.74) is 1.68. The van der Waals surface area contributed by atoms with Crippen LogP contribution in [-0.2, 0) is 11.3 Å². The zero-order valence-corrected chi connectivity index (χ0v) is 9.51. The predicted molar refractivity (Wildman–Crippen MR) is 60.3 cm³/mol. The number of benzene rings is 1. The van der Waals surface area contributed by atoms with Crippen LogP contribution < -0.4 is 0 Å². The smallest absolute Gasteiger partial charge is 0.108 e. The van der Waals surface area contributed by atoms with E-state index in [1.54, 1.807) is 0 Å². The molecule has 0 spiro atoms. The maximum absolute atomic E-state index is 5.78. The minimum atomic E-state index is 0.352. The Balaban J connectivity index is 2.06. The predicted octanol–water partition coefficient (Wildman–Crippen LogP) is 3.68. The molecule has 1 unspecified atom stereocenters. The molecule has 0 saturated heterocycles. The lowest BCUT2D eigenvalue weighted by Gasteiger charge is -2.25. The summed E-state index contributed by atoms with van der Waals surface area (Å²) >= 11 is 1.86. The van der Waals surface area contributed by atoms with Crippen LogP contribution in [0.15, 0.2) is 29.2 Å². The lowest BCUT2D eigenvalue weighted by molar-refractivity contribution is 0.0794. The van der Waals surface area contributed by atoms with Gasteiger partial charge in [0.2, 0.25) is 0 Å². The molecular formula is C12H16OS. The summed E-state index contributed by atoms with van der Waals surface area (Å²) < 4.78 is 5.78. The molecule has 76 valence electrons. The molecule has 0 aliphatic carbocycles. The van der Waals surface area contributed by atoms with Crippen LogP contribution in [0.1, 0.15) is 25.8 Å². The Morgan fingerprint density at radius 3 is 3.00 bits per heavy atom. The quantitative estimate of drug-likeness (QED) is 0.733. The molecule has 0 aromatic heterocycles. The minimum absolute atomic E-state index is 0.352. The van der Waals surface area contributed by atoms with Crippen molar-refractivity contribution in [1.29, 1.82) is 0 Å². The van der Waals surface area contributed by atoms with Crippen LogP contribution in [-0.4, -0.2) is 5.44 Å². The summed E-state index contributed by atoms with van der Waals surface area (Å²) in [6.45, 7) is 5.26. The third-order valence-corrected chi connectivity index (χ3v) is 3.56. The van der Waals surface area contributed by atoms with Gasteiger partial charge >= 0.3 is 0 Å². The second-order valence-electron chi connectivity index (χ2n) is 4.10. The van der Waals surface area contributed by atoms with Crippen LogP contribution in [0.2, 0.25) is 0 Å². The van der Waals surface area contributed by atoms with Crippen molar-refractivity contribution in [3.8, 4) is 0 Å². The number of hydrogen-bond acceptors (Lipinski definition) is 2. The normalized spacial score (nSPS) is 20.9. The molecule has 0 N–H and O–H groups in total. The van der Waals surface area contributed by atoms with Gasteiger partial charge < -0.3 is 4.74 Å². The lowest BCUT2D eigenvalue weighted by atomic mass is 10.1. The van der Waals surface area contributed by atoms with Crippen molar-refractivity contribution in [3.05, 3.63) is 29.8 Å². The van der Waals surface area contributed by atoms with Gasteiger partial charge in [-0.3, -0.25) is 0 Å². The van der Waals surface area contributed by atoms with E-state index in [4.69, 9.17) is 4.74 Å². The molecule has 0 bridgehead atoms. The molecule has 1 nitrogen and oxygen atoms in total. The molecule has 1 aliphatic rings. The van der Waals surface area contributed by atoms with Gasteiger partial charge in [0.25, 0.3) is 0 Å². The second kappa shape index (κ2) is 4.37. The van der Waals surface area contributed by atoms with Gasteiger partial charge in [-0.2, -0.15) is 0 Å². The fourth-order valence-electron chi connectivity index (χ4n) is 1.60. The van der Waals surface area contributed by atoms with E-state index in [-0.39, 0.29) is 0 Å². The van der Waals surface area contributed by atoms with Crippen LogP contribution in [0.4, 0.5) is 0 Å². The van der Waals surface area contributed by atoms with Crippen LogP contribution in [0.3, 0.4) is 0 Å². The zero-order chi connectivity index (χ0) is 9.97. The fourth-order valence-corrected chi connectivity index (χ4v) is 2.93. The summed E-state index contributed by atoms with van der Waals surface area (Å²) in [6, 6.07) is 8.51. The summed E-state index contributed by atoms with van der Waals surface area (Å²) in [4.78, 5) is 1.39. The highest BCUT2D eigenvalue weighted by molar-refractivity contribution is 7.99. The molecule has 1 aromatic rings. The largest absolute Gasteiger partial charge is 0.363 e. The number of ether oxygens (including phenoxy) is 1. The first-order chi connectivity index (χ1) is 6.75. The molecule has 0 amide bonds. The Morgan fingerprint density at radius 1 is 1.43 bits per heavy atom. The average molecular weight is 208 g/mol. The van der Waals surface area contributed by atoms with Gasteiger partial charge in [0.15, 0.2) is 0 Å². The summed E-state index contributed by atoms with van der Waals surface area (Å²) in [7, 11) is 0. The molecule has 1 aromatic carbocycles. The molecule has 0 fully saturated rings. The lowest BCUT2D eigenvalue weighted by Crippen LogP contribution is -2.16. The first kappa shape index (κ1) is 10.1. The molecule has 2 heteroatoms. The SMILES string of the molecule is CC(C)CC1OCc2ccccc2S1. The summed E-state index contributed by atoms with van der Waals surface area (Å²) in [6.07, 6.45) is 1.14. The second-order valence-corrected chi connectivity index (χ2v) is 5.30. The molecule has 0 saturated carbocycles. The Kier molecular flexibility index (Phi) is 3.14. The highest BCUT2D eigenvalue weighted by Gasteiger charge is 2.19. The standard InChI is InChI=1S/C12H16OS/c1-9(2)7-12-13-8-10-5-3-4-6-11(10)14-12/h3-6,9,12H,7-8H2,1-2H3. The van der Waals surface area contributed by atoms with E-state index in [0.29, 0.717) is 11.4 Å².